The number of rotatable bonds is 6. The van der Waals surface area contributed by atoms with Crippen molar-refractivity contribution < 1.29 is 48.5 Å². The number of fused-ring (bicyclic) bond motifs is 1. The summed E-state index contributed by atoms with van der Waals surface area (Å²) >= 11 is 0. The van der Waals surface area contributed by atoms with Gasteiger partial charge in [0.1, 0.15) is 40.8 Å². The Labute approximate surface area is 199 Å². The first-order valence-electron chi connectivity index (χ1n) is 10.7. The van der Waals surface area contributed by atoms with E-state index in [0.717, 1.165) is 0 Å². The predicted molar refractivity (Wildman–Crippen MR) is 122 cm³/mol. The Kier molecular flexibility index (Phi) is 6.77. The van der Waals surface area contributed by atoms with Crippen molar-refractivity contribution in [2.75, 3.05) is 21.3 Å². The zero-order valence-electron chi connectivity index (χ0n) is 19.4. The molecule has 35 heavy (non-hydrogen) atoms. The molecule has 4 rings (SSSR count). The van der Waals surface area contributed by atoms with Crippen LogP contribution in [-0.2, 0) is 4.74 Å². The molecule has 11 nitrogen and oxygen atoms in total. The molecule has 2 aromatic carbocycles. The smallest absolute Gasteiger partial charge is 0.239 e. The zero-order valence-corrected chi connectivity index (χ0v) is 19.4. The summed E-state index contributed by atoms with van der Waals surface area (Å²) in [4.78, 5) is 13.5. The second-order valence-electron chi connectivity index (χ2n) is 7.98. The summed E-state index contributed by atoms with van der Waals surface area (Å²) in [5, 5.41) is 40.9. The molecule has 0 aliphatic carbocycles. The number of benzene rings is 2. The molecule has 0 radical (unpaired) electrons. The first-order chi connectivity index (χ1) is 16.7. The average molecular weight is 490 g/mol. The summed E-state index contributed by atoms with van der Waals surface area (Å²) in [6.07, 6.45) is -7.06. The fourth-order valence-corrected chi connectivity index (χ4v) is 3.88. The van der Waals surface area contributed by atoms with E-state index in [1.54, 1.807) is 18.2 Å². The van der Waals surface area contributed by atoms with Gasteiger partial charge in [0.15, 0.2) is 17.3 Å². The molecule has 5 atom stereocenters. The van der Waals surface area contributed by atoms with Crippen molar-refractivity contribution in [2.24, 2.45) is 0 Å². The molecule has 11 heteroatoms. The number of hydrogen-bond acceptors (Lipinski definition) is 11. The number of aliphatic hydroxyl groups excluding tert-OH is 3. The van der Waals surface area contributed by atoms with E-state index in [2.05, 4.69) is 0 Å². The second kappa shape index (κ2) is 9.62. The highest BCUT2D eigenvalue weighted by atomic mass is 16.7. The van der Waals surface area contributed by atoms with Crippen molar-refractivity contribution in [1.29, 1.82) is 0 Å². The van der Waals surface area contributed by atoms with Gasteiger partial charge in [0, 0.05) is 17.7 Å². The summed E-state index contributed by atoms with van der Waals surface area (Å²) in [5.74, 6) is 0.143. The maximum Gasteiger partial charge on any atom is 0.239 e. The number of ether oxygens (including phenoxy) is 5. The highest BCUT2D eigenvalue weighted by Crippen LogP contribution is 2.40. The lowest BCUT2D eigenvalue weighted by molar-refractivity contribution is -0.268. The molecule has 0 amide bonds. The molecule has 1 aromatic heterocycles. The molecule has 1 saturated heterocycles. The minimum absolute atomic E-state index is 0.0120. The maximum atomic E-state index is 13.5. The normalized spacial score (nSPS) is 24.3. The van der Waals surface area contributed by atoms with Gasteiger partial charge in [0.2, 0.25) is 17.5 Å². The van der Waals surface area contributed by atoms with Crippen molar-refractivity contribution in [2.45, 2.75) is 37.6 Å². The van der Waals surface area contributed by atoms with Crippen LogP contribution in [0.5, 0.6) is 28.7 Å². The van der Waals surface area contributed by atoms with E-state index in [4.69, 9.17) is 28.1 Å². The Balaban J connectivity index is 1.93. The number of aliphatic hydroxyl groups is 3. The highest BCUT2D eigenvalue weighted by molar-refractivity contribution is 5.88. The van der Waals surface area contributed by atoms with Gasteiger partial charge in [-0.05, 0) is 25.1 Å². The lowest BCUT2D eigenvalue weighted by Crippen LogP contribution is -2.58. The third-order valence-electron chi connectivity index (χ3n) is 5.83. The second-order valence-corrected chi connectivity index (χ2v) is 7.98. The molecule has 1 fully saturated rings. The molecule has 3 aromatic rings. The Morgan fingerprint density at radius 1 is 0.886 bits per heavy atom. The van der Waals surface area contributed by atoms with Gasteiger partial charge in [-0.3, -0.25) is 4.79 Å². The molecule has 4 N–H and O–H groups in total. The Hall–Kier alpha value is -3.51. The lowest BCUT2D eigenvalue weighted by atomic mass is 10.00. The topological polar surface area (TPSA) is 157 Å². The van der Waals surface area contributed by atoms with Crippen LogP contribution in [-0.4, -0.2) is 72.5 Å². The van der Waals surface area contributed by atoms with Crippen LogP contribution in [0.15, 0.2) is 39.5 Å². The van der Waals surface area contributed by atoms with E-state index in [0.29, 0.717) is 17.1 Å². The Morgan fingerprint density at radius 2 is 1.60 bits per heavy atom. The molecule has 0 saturated carbocycles. The molecule has 1 aliphatic rings. The fourth-order valence-electron chi connectivity index (χ4n) is 3.88. The van der Waals surface area contributed by atoms with E-state index in [9.17, 15) is 25.2 Å². The molecule has 0 bridgehead atoms. The van der Waals surface area contributed by atoms with Crippen LogP contribution >= 0.6 is 0 Å². The van der Waals surface area contributed by atoms with Crippen molar-refractivity contribution in [3.8, 4) is 40.1 Å². The molecular formula is C24H26O11. The van der Waals surface area contributed by atoms with Crippen molar-refractivity contribution in [3.63, 3.8) is 0 Å². The molecule has 188 valence electrons. The van der Waals surface area contributed by atoms with Gasteiger partial charge in [-0.25, -0.2) is 0 Å². The van der Waals surface area contributed by atoms with Crippen LogP contribution < -0.4 is 24.4 Å². The highest BCUT2D eigenvalue weighted by Gasteiger charge is 2.44. The minimum atomic E-state index is -1.68. The van der Waals surface area contributed by atoms with Crippen LogP contribution in [0.4, 0.5) is 0 Å². The van der Waals surface area contributed by atoms with Gasteiger partial charge in [0.05, 0.1) is 27.4 Å². The van der Waals surface area contributed by atoms with E-state index >= 15 is 0 Å². The number of aromatic hydroxyl groups is 1. The van der Waals surface area contributed by atoms with Crippen molar-refractivity contribution in [3.05, 3.63) is 40.6 Å². The van der Waals surface area contributed by atoms with Crippen LogP contribution in [0.2, 0.25) is 0 Å². The van der Waals surface area contributed by atoms with Crippen LogP contribution in [0, 0.1) is 0 Å². The van der Waals surface area contributed by atoms with Gasteiger partial charge in [0.25, 0.3) is 0 Å². The monoisotopic (exact) mass is 490 g/mol. The Bertz CT molecular complexity index is 1280. The van der Waals surface area contributed by atoms with Crippen molar-refractivity contribution >= 4 is 11.0 Å². The van der Waals surface area contributed by atoms with E-state index in [1.165, 1.54) is 40.4 Å². The quantitative estimate of drug-likeness (QED) is 0.396. The van der Waals surface area contributed by atoms with Gasteiger partial charge in [-0.15, -0.1) is 0 Å². The van der Waals surface area contributed by atoms with E-state index in [-0.39, 0.29) is 22.5 Å². The van der Waals surface area contributed by atoms with Crippen molar-refractivity contribution in [1.82, 2.24) is 0 Å². The molecule has 2 unspecified atom stereocenters. The van der Waals surface area contributed by atoms with Gasteiger partial charge in [-0.2, -0.15) is 0 Å². The fraction of sp³-hybridized carbons (Fsp3) is 0.375. The van der Waals surface area contributed by atoms with Crippen LogP contribution in [0.25, 0.3) is 22.3 Å². The summed E-state index contributed by atoms with van der Waals surface area (Å²) in [7, 11) is 4.31. The van der Waals surface area contributed by atoms with Gasteiger partial charge >= 0.3 is 0 Å². The molecule has 1 aliphatic heterocycles. The van der Waals surface area contributed by atoms with Gasteiger partial charge in [-0.1, -0.05) is 0 Å². The van der Waals surface area contributed by atoms with Crippen LogP contribution in [0.3, 0.4) is 0 Å². The number of phenols is 1. The van der Waals surface area contributed by atoms with Gasteiger partial charge < -0.3 is 48.5 Å². The predicted octanol–water partition coefficient (Wildman–Crippen LogP) is 1.40. The first-order valence-corrected chi connectivity index (χ1v) is 10.7. The largest absolute Gasteiger partial charge is 0.507 e. The first kappa shape index (κ1) is 24.6. The summed E-state index contributed by atoms with van der Waals surface area (Å²) in [6, 6.07) is 7.41. The zero-order chi connectivity index (χ0) is 25.4. The number of hydrogen-bond donors (Lipinski definition) is 4. The van der Waals surface area contributed by atoms with Crippen LogP contribution in [0.1, 0.15) is 6.92 Å². The number of phenolic OH excluding ortho intramolecular Hbond substituents is 1. The van der Waals surface area contributed by atoms with E-state index in [1.807, 2.05) is 0 Å². The maximum absolute atomic E-state index is 13.5. The summed E-state index contributed by atoms with van der Waals surface area (Å²) in [6.45, 7) is 1.48. The molecular weight excluding hydrogens is 464 g/mol. The standard InChI is InChI=1S/C24H26O11/c1-10-18(26)20(28)21(29)24(33-10)35-23-19(27)17-13(25)8-12(30-2)9-16(17)34-22(23)11-5-6-14(31-3)15(7-11)32-4/h5-10,18,20-21,24-26,28-29H,1-4H3/t10?,18-,20?,21-,24-/m0/s1. The van der Waals surface area contributed by atoms with E-state index < -0.39 is 47.6 Å². The number of methoxy groups -OCH3 is 3. The summed E-state index contributed by atoms with van der Waals surface area (Å²) < 4.78 is 33.0. The minimum Gasteiger partial charge on any atom is -0.507 e. The average Bonchev–Trinajstić information content (AvgIpc) is 2.86. The third kappa shape index (κ3) is 4.34. The molecule has 2 heterocycles. The molecule has 0 spiro atoms. The third-order valence-corrected chi connectivity index (χ3v) is 5.83. The SMILES string of the molecule is COc1cc(O)c2c(=O)c(O[C@@H]3OC(C)[C@H](O)C(O)[C@@H]3O)c(-c3ccc(OC)c(OC)c3)oc2c1. The lowest BCUT2D eigenvalue weighted by Gasteiger charge is -2.38. The summed E-state index contributed by atoms with van der Waals surface area (Å²) in [5.41, 5.74) is -0.406. The Morgan fingerprint density at radius 3 is 2.26 bits per heavy atom.